The number of hydrogen-bond acceptors (Lipinski definition) is 1. The first-order valence-electron chi connectivity index (χ1n) is 3.90. The summed E-state index contributed by atoms with van der Waals surface area (Å²) in [5.41, 5.74) is 12.9. The summed E-state index contributed by atoms with van der Waals surface area (Å²) in [4.78, 5) is 3.97. The summed E-state index contributed by atoms with van der Waals surface area (Å²) in [5.74, 6) is 0.137. The van der Waals surface area contributed by atoms with Gasteiger partial charge in [-0.25, -0.2) is 4.99 Å². The minimum Gasteiger partial charge on any atom is -0.370 e. The van der Waals surface area contributed by atoms with Crippen LogP contribution in [0.15, 0.2) is 23.2 Å². The van der Waals surface area contributed by atoms with Crippen LogP contribution in [0.1, 0.15) is 11.1 Å². The van der Waals surface area contributed by atoms with Crippen LogP contribution in [-0.4, -0.2) is 5.96 Å². The van der Waals surface area contributed by atoms with Crippen LogP contribution in [0.25, 0.3) is 0 Å². The highest BCUT2D eigenvalue weighted by molar-refractivity contribution is 14.1. The number of aryl methyl sites for hydroxylation is 1. The van der Waals surface area contributed by atoms with E-state index in [1.807, 2.05) is 6.92 Å². The van der Waals surface area contributed by atoms with E-state index in [-0.39, 0.29) is 18.4 Å². The number of halogens is 2. The van der Waals surface area contributed by atoms with E-state index in [0.717, 1.165) is 0 Å². The van der Waals surface area contributed by atoms with Gasteiger partial charge in [0.2, 0.25) is 0 Å². The average molecular weight is 326 g/mol. The molecule has 0 atom stereocenters. The van der Waals surface area contributed by atoms with Crippen molar-refractivity contribution in [1.29, 1.82) is 0 Å². The van der Waals surface area contributed by atoms with E-state index in [2.05, 4.69) is 45.8 Å². The highest BCUT2D eigenvalue weighted by atomic mass is 127. The van der Waals surface area contributed by atoms with Crippen molar-refractivity contribution >= 4 is 41.0 Å². The molecule has 0 spiro atoms. The van der Waals surface area contributed by atoms with Gasteiger partial charge in [0.05, 0.1) is 6.54 Å². The molecule has 0 saturated heterocycles. The van der Waals surface area contributed by atoms with Crippen molar-refractivity contribution in [3.05, 3.63) is 32.9 Å². The first-order chi connectivity index (χ1) is 6.09. The minimum absolute atomic E-state index is 0. The Morgan fingerprint density at radius 3 is 2.64 bits per heavy atom. The van der Waals surface area contributed by atoms with E-state index in [9.17, 15) is 0 Å². The van der Waals surface area contributed by atoms with Gasteiger partial charge in [-0.2, -0.15) is 0 Å². The predicted molar refractivity (Wildman–Crippen MR) is 70.7 cm³/mol. The molecule has 0 aromatic heterocycles. The largest absolute Gasteiger partial charge is 0.370 e. The van der Waals surface area contributed by atoms with E-state index < -0.39 is 0 Å². The molecule has 0 aliphatic heterocycles. The van der Waals surface area contributed by atoms with Crippen LogP contribution in [0.3, 0.4) is 0 Å². The monoisotopic (exact) mass is 325 g/mol. The maximum Gasteiger partial charge on any atom is 0.186 e. The molecule has 1 aromatic rings. The van der Waals surface area contributed by atoms with Gasteiger partial charge in [-0.05, 0) is 52.8 Å². The van der Waals surface area contributed by atoms with Crippen LogP contribution < -0.4 is 11.5 Å². The lowest BCUT2D eigenvalue weighted by atomic mass is 10.1. The summed E-state index contributed by atoms with van der Waals surface area (Å²) in [5, 5.41) is 0. The Hall–Kier alpha value is -0.490. The summed E-state index contributed by atoms with van der Waals surface area (Å²) in [6.45, 7) is 2.61. The smallest absolute Gasteiger partial charge is 0.186 e. The highest BCUT2D eigenvalue weighted by Gasteiger charge is 1.97. The van der Waals surface area contributed by atoms with Crippen molar-refractivity contribution in [2.75, 3.05) is 0 Å². The molecule has 1 rings (SSSR count). The van der Waals surface area contributed by atoms with Gasteiger partial charge in [0.1, 0.15) is 0 Å². The Morgan fingerprint density at radius 1 is 1.43 bits per heavy atom. The molecule has 0 saturated carbocycles. The summed E-state index contributed by atoms with van der Waals surface area (Å²) in [7, 11) is 0. The zero-order chi connectivity index (χ0) is 9.84. The van der Waals surface area contributed by atoms with Crippen LogP contribution in [0.5, 0.6) is 0 Å². The third-order valence-electron chi connectivity index (χ3n) is 1.74. The molecular formula is C9H13ClIN3. The predicted octanol–water partition coefficient (Wildman–Crippen LogP) is 1.79. The second-order valence-electron chi connectivity index (χ2n) is 2.81. The van der Waals surface area contributed by atoms with Crippen LogP contribution in [0.2, 0.25) is 0 Å². The zero-order valence-corrected chi connectivity index (χ0v) is 10.8. The van der Waals surface area contributed by atoms with Crippen molar-refractivity contribution < 1.29 is 0 Å². The average Bonchev–Trinajstić information content (AvgIpc) is 2.06. The van der Waals surface area contributed by atoms with Crippen molar-refractivity contribution in [3.8, 4) is 0 Å². The molecule has 0 aliphatic carbocycles. The standard InChI is InChI=1S/C9H12IN3.ClH/c1-6-2-3-8(10)4-7(6)5-13-9(11)12;/h2-4H,5H2,1H3,(H4,11,12,13);1H. The molecule has 0 bridgehead atoms. The first kappa shape index (κ1) is 13.5. The van der Waals surface area contributed by atoms with Gasteiger partial charge < -0.3 is 11.5 Å². The summed E-state index contributed by atoms with van der Waals surface area (Å²) >= 11 is 2.27. The Labute approximate surface area is 104 Å². The van der Waals surface area contributed by atoms with Gasteiger partial charge in [0, 0.05) is 3.57 Å². The lowest BCUT2D eigenvalue weighted by Gasteiger charge is -2.03. The Bertz CT molecular complexity index is 335. The molecule has 3 nitrogen and oxygen atoms in total. The maximum absolute atomic E-state index is 5.25. The number of aliphatic imine (C=N–C) groups is 1. The molecule has 0 radical (unpaired) electrons. The second kappa shape index (κ2) is 6.08. The van der Waals surface area contributed by atoms with Crippen molar-refractivity contribution in [3.63, 3.8) is 0 Å². The van der Waals surface area contributed by atoms with E-state index in [1.54, 1.807) is 0 Å². The molecule has 1 aromatic carbocycles. The zero-order valence-electron chi connectivity index (χ0n) is 7.83. The topological polar surface area (TPSA) is 64.4 Å². The van der Waals surface area contributed by atoms with E-state index in [4.69, 9.17) is 11.5 Å². The third kappa shape index (κ3) is 4.15. The van der Waals surface area contributed by atoms with Gasteiger partial charge in [0.25, 0.3) is 0 Å². The van der Waals surface area contributed by atoms with E-state index in [1.165, 1.54) is 14.7 Å². The van der Waals surface area contributed by atoms with Gasteiger partial charge in [-0.3, -0.25) is 0 Å². The number of nitrogens with two attached hydrogens (primary N) is 2. The molecule has 0 fully saturated rings. The lowest BCUT2D eigenvalue weighted by molar-refractivity contribution is 1.03. The summed E-state index contributed by atoms with van der Waals surface area (Å²) in [6.07, 6.45) is 0. The molecule has 0 amide bonds. The van der Waals surface area contributed by atoms with Gasteiger partial charge in [-0.15, -0.1) is 12.4 Å². The number of rotatable bonds is 2. The van der Waals surface area contributed by atoms with Gasteiger partial charge >= 0.3 is 0 Å². The molecule has 0 heterocycles. The Kier molecular flexibility index (Phi) is 5.87. The van der Waals surface area contributed by atoms with Crippen LogP contribution in [-0.2, 0) is 6.54 Å². The van der Waals surface area contributed by atoms with Crippen LogP contribution in [0.4, 0.5) is 0 Å². The number of nitrogens with zero attached hydrogens (tertiary/aromatic N) is 1. The second-order valence-corrected chi connectivity index (χ2v) is 4.06. The molecule has 5 heteroatoms. The fraction of sp³-hybridized carbons (Fsp3) is 0.222. The van der Waals surface area contributed by atoms with E-state index >= 15 is 0 Å². The van der Waals surface area contributed by atoms with Crippen molar-refractivity contribution in [1.82, 2.24) is 0 Å². The Morgan fingerprint density at radius 2 is 2.07 bits per heavy atom. The number of guanidine groups is 1. The van der Waals surface area contributed by atoms with Crippen LogP contribution in [0, 0.1) is 10.5 Å². The minimum atomic E-state index is 0. The van der Waals surface area contributed by atoms with Crippen LogP contribution >= 0.6 is 35.0 Å². The number of benzene rings is 1. The summed E-state index contributed by atoms with van der Waals surface area (Å²) < 4.78 is 1.20. The third-order valence-corrected chi connectivity index (χ3v) is 2.41. The van der Waals surface area contributed by atoms with E-state index in [0.29, 0.717) is 6.54 Å². The normalized spacial score (nSPS) is 9.00. The fourth-order valence-corrected chi connectivity index (χ4v) is 1.54. The molecule has 78 valence electrons. The molecule has 0 unspecified atom stereocenters. The molecule has 0 aliphatic rings. The maximum atomic E-state index is 5.25. The molecule has 14 heavy (non-hydrogen) atoms. The quantitative estimate of drug-likeness (QED) is 0.495. The highest BCUT2D eigenvalue weighted by Crippen LogP contribution is 2.13. The van der Waals surface area contributed by atoms with Crippen molar-refractivity contribution in [2.24, 2.45) is 16.5 Å². The SMILES string of the molecule is Cc1ccc(I)cc1CN=C(N)N.Cl. The van der Waals surface area contributed by atoms with Crippen molar-refractivity contribution in [2.45, 2.75) is 13.5 Å². The Balaban J connectivity index is 0.00000169. The van der Waals surface area contributed by atoms with Gasteiger partial charge in [0.15, 0.2) is 5.96 Å². The van der Waals surface area contributed by atoms with Gasteiger partial charge in [-0.1, -0.05) is 6.07 Å². The fourth-order valence-electron chi connectivity index (χ4n) is 0.987. The first-order valence-corrected chi connectivity index (χ1v) is 4.98. The molecular weight excluding hydrogens is 312 g/mol. The summed E-state index contributed by atoms with van der Waals surface area (Å²) in [6, 6.07) is 6.22. The molecule has 4 N–H and O–H groups in total. The number of hydrogen-bond donors (Lipinski definition) is 2. The lowest BCUT2D eigenvalue weighted by Crippen LogP contribution is -2.22.